The predicted molar refractivity (Wildman–Crippen MR) is 124 cm³/mol. The molecule has 0 unspecified atom stereocenters. The van der Waals surface area contributed by atoms with Crippen LogP contribution in [0.1, 0.15) is 10.4 Å². The molecule has 1 aromatic heterocycles. The zero-order chi connectivity index (χ0) is 22.9. The molecule has 3 aromatic rings. The van der Waals surface area contributed by atoms with Gasteiger partial charge in [0, 0.05) is 50.9 Å². The first kappa shape index (κ1) is 21.5. The summed E-state index contributed by atoms with van der Waals surface area (Å²) in [5.41, 5.74) is 1.10. The van der Waals surface area contributed by atoms with Gasteiger partial charge in [0.25, 0.3) is 11.6 Å². The van der Waals surface area contributed by atoms with Crippen molar-refractivity contribution in [2.45, 2.75) is 0 Å². The molecule has 9 nitrogen and oxygen atoms in total. The van der Waals surface area contributed by atoms with Crippen molar-refractivity contribution in [2.75, 3.05) is 62.3 Å². The Labute approximate surface area is 193 Å². The zero-order valence-electron chi connectivity index (χ0n) is 17.8. The Bertz CT molecular complexity index is 1200. The van der Waals surface area contributed by atoms with Crippen LogP contribution in [0.3, 0.4) is 0 Å². The number of hydrogen-bond donors (Lipinski definition) is 0. The Hall–Kier alpha value is -3.31. The van der Waals surface area contributed by atoms with Crippen LogP contribution in [0.15, 0.2) is 36.4 Å². The van der Waals surface area contributed by atoms with E-state index in [9.17, 15) is 19.3 Å². The highest BCUT2D eigenvalue weighted by Gasteiger charge is 2.27. The monoisotopic (exact) mass is 471 g/mol. The lowest BCUT2D eigenvalue weighted by Crippen LogP contribution is -2.48. The number of para-hydroxylation sites is 1. The van der Waals surface area contributed by atoms with Crippen LogP contribution in [0.4, 0.5) is 20.9 Å². The van der Waals surface area contributed by atoms with Gasteiger partial charge in [-0.1, -0.05) is 17.4 Å². The normalized spacial score (nSPS) is 16.9. The Kier molecular flexibility index (Phi) is 5.81. The number of anilines is 2. The third-order valence-electron chi connectivity index (χ3n) is 5.97. The van der Waals surface area contributed by atoms with Crippen molar-refractivity contribution in [3.05, 3.63) is 57.9 Å². The predicted octanol–water partition coefficient (Wildman–Crippen LogP) is 3.14. The highest BCUT2D eigenvalue weighted by molar-refractivity contribution is 7.22. The first-order valence-electron chi connectivity index (χ1n) is 10.7. The second-order valence-electron chi connectivity index (χ2n) is 7.92. The van der Waals surface area contributed by atoms with Crippen LogP contribution >= 0.6 is 11.3 Å². The number of ether oxygens (including phenoxy) is 1. The minimum absolute atomic E-state index is 0.0714. The standard InChI is InChI=1S/C22H22FN5O4S/c23-16-2-1-3-19-20(16)24-22(33-19)27-8-6-26(7-9-27)21(29)15-4-5-17(18(14-15)28(30)31)25-10-12-32-13-11-25/h1-5,14H,6-13H2. The average molecular weight is 472 g/mol. The first-order chi connectivity index (χ1) is 16.0. The number of aromatic nitrogens is 1. The molecule has 0 N–H and O–H groups in total. The topological polar surface area (TPSA) is 92.0 Å². The highest BCUT2D eigenvalue weighted by atomic mass is 32.1. The number of morpholine rings is 1. The molecule has 0 saturated carbocycles. The molecule has 5 rings (SSSR count). The zero-order valence-corrected chi connectivity index (χ0v) is 18.6. The van der Waals surface area contributed by atoms with Gasteiger partial charge in [-0.25, -0.2) is 9.37 Å². The number of carbonyl (C=O) groups excluding carboxylic acids is 1. The Morgan fingerprint density at radius 1 is 1.06 bits per heavy atom. The molecule has 0 atom stereocenters. The van der Waals surface area contributed by atoms with Crippen LogP contribution in [0.5, 0.6) is 0 Å². The highest BCUT2D eigenvalue weighted by Crippen LogP contribution is 2.32. The molecule has 3 heterocycles. The van der Waals surface area contributed by atoms with E-state index in [1.54, 1.807) is 23.1 Å². The molecule has 11 heteroatoms. The van der Waals surface area contributed by atoms with Crippen LogP contribution < -0.4 is 9.80 Å². The summed E-state index contributed by atoms with van der Waals surface area (Å²) in [5, 5.41) is 12.4. The van der Waals surface area contributed by atoms with Crippen LogP contribution in [0.2, 0.25) is 0 Å². The van der Waals surface area contributed by atoms with Crippen LogP contribution in [-0.4, -0.2) is 73.2 Å². The summed E-state index contributed by atoms with van der Waals surface area (Å²) in [6.07, 6.45) is 0. The number of halogens is 1. The third kappa shape index (κ3) is 4.21. The smallest absolute Gasteiger partial charge is 0.293 e. The minimum atomic E-state index is -0.439. The first-order valence-corrected chi connectivity index (χ1v) is 11.5. The summed E-state index contributed by atoms with van der Waals surface area (Å²) in [4.78, 5) is 34.4. The van der Waals surface area contributed by atoms with Crippen LogP contribution in [0, 0.1) is 15.9 Å². The largest absolute Gasteiger partial charge is 0.378 e. The minimum Gasteiger partial charge on any atom is -0.378 e. The lowest BCUT2D eigenvalue weighted by Gasteiger charge is -2.34. The number of fused-ring (bicyclic) bond motifs is 1. The maximum absolute atomic E-state index is 14.0. The maximum atomic E-state index is 14.0. The molecule has 0 bridgehead atoms. The van der Waals surface area contributed by atoms with Crippen molar-refractivity contribution in [1.82, 2.24) is 9.88 Å². The van der Waals surface area contributed by atoms with Gasteiger partial charge in [0.1, 0.15) is 17.0 Å². The van der Waals surface area contributed by atoms with Crippen molar-refractivity contribution < 1.29 is 18.8 Å². The molecule has 2 aliphatic rings. The van der Waals surface area contributed by atoms with Crippen molar-refractivity contribution in [3.63, 3.8) is 0 Å². The lowest BCUT2D eigenvalue weighted by atomic mass is 10.1. The average Bonchev–Trinajstić information content (AvgIpc) is 3.30. The van der Waals surface area contributed by atoms with E-state index in [1.807, 2.05) is 15.9 Å². The van der Waals surface area contributed by atoms with E-state index in [2.05, 4.69) is 4.98 Å². The Morgan fingerprint density at radius 2 is 1.82 bits per heavy atom. The number of thiazole rings is 1. The molecule has 1 amide bonds. The van der Waals surface area contributed by atoms with E-state index in [0.29, 0.717) is 69.2 Å². The summed E-state index contributed by atoms with van der Waals surface area (Å²) in [7, 11) is 0. The molecular formula is C22H22FN5O4S. The molecule has 2 aliphatic heterocycles. The van der Waals surface area contributed by atoms with E-state index in [1.165, 1.54) is 23.5 Å². The van der Waals surface area contributed by atoms with Crippen LogP contribution in [-0.2, 0) is 4.74 Å². The molecule has 33 heavy (non-hydrogen) atoms. The Balaban J connectivity index is 1.29. The number of benzene rings is 2. The van der Waals surface area contributed by atoms with Gasteiger partial charge < -0.3 is 19.4 Å². The van der Waals surface area contributed by atoms with E-state index in [0.717, 1.165) is 9.83 Å². The fourth-order valence-corrected chi connectivity index (χ4v) is 5.23. The van der Waals surface area contributed by atoms with Crippen molar-refractivity contribution in [2.24, 2.45) is 0 Å². The fourth-order valence-electron chi connectivity index (χ4n) is 4.20. The van der Waals surface area contributed by atoms with Gasteiger partial charge in [0.2, 0.25) is 0 Å². The number of piperazine rings is 1. The van der Waals surface area contributed by atoms with E-state index < -0.39 is 4.92 Å². The second-order valence-corrected chi connectivity index (χ2v) is 8.93. The van der Waals surface area contributed by atoms with Crippen molar-refractivity contribution in [1.29, 1.82) is 0 Å². The summed E-state index contributed by atoms with van der Waals surface area (Å²) >= 11 is 1.43. The van der Waals surface area contributed by atoms with Gasteiger partial charge >= 0.3 is 0 Å². The van der Waals surface area contributed by atoms with Gasteiger partial charge in [0.15, 0.2) is 5.13 Å². The lowest BCUT2D eigenvalue weighted by molar-refractivity contribution is -0.384. The van der Waals surface area contributed by atoms with Crippen LogP contribution in [0.25, 0.3) is 10.2 Å². The quantitative estimate of drug-likeness (QED) is 0.426. The van der Waals surface area contributed by atoms with Gasteiger partial charge in [0.05, 0.1) is 22.8 Å². The molecule has 0 radical (unpaired) electrons. The van der Waals surface area contributed by atoms with Crippen molar-refractivity contribution >= 4 is 44.0 Å². The molecule has 172 valence electrons. The summed E-state index contributed by atoms with van der Waals surface area (Å²) < 4.78 is 20.1. The molecule has 0 aliphatic carbocycles. The SMILES string of the molecule is O=C(c1ccc(N2CCOCC2)c([N+](=O)[O-])c1)N1CCN(c2nc3c(F)cccc3s2)CC1. The molecular weight excluding hydrogens is 449 g/mol. The number of carbonyl (C=O) groups is 1. The summed E-state index contributed by atoms with van der Waals surface area (Å²) in [5.74, 6) is -0.576. The Morgan fingerprint density at radius 3 is 2.52 bits per heavy atom. The van der Waals surface area contributed by atoms with Gasteiger partial charge in [-0.05, 0) is 24.3 Å². The van der Waals surface area contributed by atoms with Gasteiger partial charge in [-0.2, -0.15) is 0 Å². The van der Waals surface area contributed by atoms with Gasteiger partial charge in [-0.3, -0.25) is 14.9 Å². The van der Waals surface area contributed by atoms with Crippen molar-refractivity contribution in [3.8, 4) is 0 Å². The number of rotatable bonds is 4. The molecule has 2 aromatic carbocycles. The summed E-state index contributed by atoms with van der Waals surface area (Å²) in [6, 6.07) is 9.58. The fraction of sp³-hybridized carbons (Fsp3) is 0.364. The van der Waals surface area contributed by atoms with E-state index in [4.69, 9.17) is 4.74 Å². The van der Waals surface area contributed by atoms with Gasteiger partial charge in [-0.15, -0.1) is 0 Å². The number of nitro groups is 1. The maximum Gasteiger partial charge on any atom is 0.293 e. The molecule has 0 spiro atoms. The number of amides is 1. The molecule has 2 saturated heterocycles. The number of hydrogen-bond acceptors (Lipinski definition) is 8. The summed E-state index contributed by atoms with van der Waals surface area (Å²) in [6.45, 7) is 4.21. The molecule has 2 fully saturated rings. The number of nitro benzene ring substituents is 1. The number of nitrogens with zero attached hydrogens (tertiary/aromatic N) is 5. The van der Waals surface area contributed by atoms with E-state index in [-0.39, 0.29) is 17.4 Å². The second kappa shape index (κ2) is 8.91. The third-order valence-corrected chi connectivity index (χ3v) is 7.05. The van der Waals surface area contributed by atoms with E-state index >= 15 is 0 Å².